The van der Waals surface area contributed by atoms with Crippen molar-refractivity contribution in [1.29, 1.82) is 0 Å². The molecule has 10 nitrogen and oxygen atoms in total. The second kappa shape index (κ2) is 10.7. The van der Waals surface area contributed by atoms with Crippen LogP contribution in [0.25, 0.3) is 11.5 Å². The number of rotatable bonds is 7. The van der Waals surface area contributed by atoms with Gasteiger partial charge in [-0.05, 0) is 43.9 Å². The number of aromatic nitrogens is 2. The number of amides is 1. The molecule has 3 aromatic rings. The van der Waals surface area contributed by atoms with Crippen LogP contribution in [0, 0.1) is 12.7 Å². The zero-order chi connectivity index (χ0) is 27.8. The number of nitrogens with one attached hydrogen (secondary N) is 1. The molecular weight excluding hydrogens is 525 g/mol. The van der Waals surface area contributed by atoms with Gasteiger partial charge in [0, 0.05) is 12.1 Å². The summed E-state index contributed by atoms with van der Waals surface area (Å²) in [5.41, 5.74) is 7.23. The largest absolute Gasteiger partial charge is 0.403 e. The molecule has 12 heteroatoms. The van der Waals surface area contributed by atoms with Gasteiger partial charge in [-0.15, -0.1) is 5.10 Å². The molecular formula is C27H32FN5O5S. The number of hydrogen-bond donors (Lipinski definition) is 3. The second-order valence-corrected chi connectivity index (χ2v) is 12.5. The Labute approximate surface area is 226 Å². The van der Waals surface area contributed by atoms with E-state index in [0.717, 1.165) is 49.3 Å². The summed E-state index contributed by atoms with van der Waals surface area (Å²) >= 11 is 0. The molecule has 5 rings (SSSR count). The number of fused-ring (bicyclic) bond motifs is 1. The van der Waals surface area contributed by atoms with Crippen molar-refractivity contribution in [3.8, 4) is 11.5 Å². The van der Waals surface area contributed by atoms with Gasteiger partial charge in [-0.1, -0.05) is 54.2 Å². The number of nitrogens with zero attached hydrogens (tertiary/aromatic N) is 3. The van der Waals surface area contributed by atoms with Crippen LogP contribution in [0.1, 0.15) is 49.7 Å². The number of halogens is 1. The van der Waals surface area contributed by atoms with Gasteiger partial charge in [0.1, 0.15) is 5.82 Å². The Morgan fingerprint density at radius 3 is 2.59 bits per heavy atom. The van der Waals surface area contributed by atoms with Gasteiger partial charge >= 0.3 is 6.01 Å². The number of aryl methyl sites for hydroxylation is 1. The van der Waals surface area contributed by atoms with E-state index in [0.29, 0.717) is 6.42 Å². The molecule has 0 bridgehead atoms. The number of carbonyl (C=O) groups is 1. The first-order valence-corrected chi connectivity index (χ1v) is 14.7. The van der Waals surface area contributed by atoms with Crippen molar-refractivity contribution < 1.29 is 27.1 Å². The first-order valence-electron chi connectivity index (χ1n) is 13.0. The maximum atomic E-state index is 15.4. The van der Waals surface area contributed by atoms with Crippen LogP contribution in [0.2, 0.25) is 0 Å². The van der Waals surface area contributed by atoms with Gasteiger partial charge in [-0.3, -0.25) is 4.79 Å². The molecule has 39 heavy (non-hydrogen) atoms. The van der Waals surface area contributed by atoms with Crippen LogP contribution in [0.5, 0.6) is 0 Å². The topological polar surface area (TPSA) is 152 Å². The fraction of sp³-hybridized carbons (Fsp3) is 0.444. The highest BCUT2D eigenvalue weighted by Crippen LogP contribution is 2.38. The van der Waals surface area contributed by atoms with Crippen molar-refractivity contribution in [1.82, 2.24) is 10.2 Å². The molecule has 1 aliphatic carbocycles. The monoisotopic (exact) mass is 557 g/mol. The quantitative estimate of drug-likeness (QED) is 0.397. The molecule has 1 aromatic heterocycles. The van der Waals surface area contributed by atoms with Gasteiger partial charge in [0.25, 0.3) is 5.89 Å². The van der Waals surface area contributed by atoms with Crippen molar-refractivity contribution in [3.05, 3.63) is 53.3 Å². The third-order valence-electron chi connectivity index (χ3n) is 7.55. The summed E-state index contributed by atoms with van der Waals surface area (Å²) < 4.78 is 47.4. The predicted octanol–water partition coefficient (Wildman–Crippen LogP) is 3.33. The van der Waals surface area contributed by atoms with Gasteiger partial charge in [-0.25, -0.2) is 12.8 Å². The van der Waals surface area contributed by atoms with Gasteiger partial charge in [0.2, 0.25) is 5.91 Å². The molecule has 1 fully saturated rings. The average molecular weight is 558 g/mol. The first kappa shape index (κ1) is 27.2. The van der Waals surface area contributed by atoms with E-state index in [2.05, 4.69) is 15.5 Å². The molecule has 1 atom stereocenters. The van der Waals surface area contributed by atoms with Crippen LogP contribution in [-0.2, 0) is 21.2 Å². The lowest BCUT2D eigenvalue weighted by Crippen LogP contribution is -2.45. The number of aliphatic hydroxyl groups is 1. The van der Waals surface area contributed by atoms with Crippen molar-refractivity contribution in [2.24, 2.45) is 5.73 Å². The minimum Gasteiger partial charge on any atom is -0.403 e. The predicted molar refractivity (Wildman–Crippen MR) is 143 cm³/mol. The Kier molecular flexibility index (Phi) is 7.45. The molecule has 0 saturated heterocycles. The number of nitrogens with two attached hydrogens (primary N) is 1. The lowest BCUT2D eigenvalue weighted by molar-refractivity contribution is -0.119. The zero-order valence-electron chi connectivity index (χ0n) is 21.7. The van der Waals surface area contributed by atoms with E-state index in [1.165, 1.54) is 11.0 Å². The zero-order valence-corrected chi connectivity index (χ0v) is 22.5. The number of hydrogen-bond acceptors (Lipinski definition) is 9. The fourth-order valence-corrected chi connectivity index (χ4v) is 6.98. The van der Waals surface area contributed by atoms with Gasteiger partial charge in [0.15, 0.2) is 9.84 Å². The normalized spacial score (nSPS) is 20.4. The molecule has 2 aliphatic rings. The van der Waals surface area contributed by atoms with E-state index < -0.39 is 38.9 Å². The SMILES string of the molecule is Cc1ccc(CN2C(=O)[C@@H](N)CS(=O)(=O)c3cc(F)c(-c4nnc(NC5(CCO)CCCCC5)o4)cc32)cc1. The number of sulfone groups is 1. The summed E-state index contributed by atoms with van der Waals surface area (Å²) in [4.78, 5) is 14.2. The van der Waals surface area contributed by atoms with Crippen LogP contribution >= 0.6 is 0 Å². The van der Waals surface area contributed by atoms with Crippen LogP contribution in [-0.4, -0.2) is 53.6 Å². The van der Waals surface area contributed by atoms with Crippen LogP contribution < -0.4 is 16.0 Å². The molecule has 0 spiro atoms. The summed E-state index contributed by atoms with van der Waals surface area (Å²) in [5.74, 6) is -2.27. The summed E-state index contributed by atoms with van der Waals surface area (Å²) in [6.45, 7) is 1.97. The highest BCUT2D eigenvalue weighted by molar-refractivity contribution is 7.91. The number of aliphatic hydroxyl groups excluding tert-OH is 1. The van der Waals surface area contributed by atoms with E-state index in [4.69, 9.17) is 10.2 Å². The molecule has 208 valence electrons. The van der Waals surface area contributed by atoms with Crippen molar-refractivity contribution in [2.45, 2.75) is 68.5 Å². The Bertz CT molecular complexity index is 1460. The minimum atomic E-state index is -4.07. The van der Waals surface area contributed by atoms with Gasteiger partial charge < -0.3 is 25.5 Å². The Morgan fingerprint density at radius 2 is 1.90 bits per heavy atom. The molecule has 0 unspecified atom stereocenters. The second-order valence-electron chi connectivity index (χ2n) is 10.4. The van der Waals surface area contributed by atoms with E-state index in [1.54, 1.807) is 0 Å². The van der Waals surface area contributed by atoms with Crippen molar-refractivity contribution in [3.63, 3.8) is 0 Å². The molecule has 2 heterocycles. The van der Waals surface area contributed by atoms with Gasteiger partial charge in [-0.2, -0.15) is 0 Å². The lowest BCUT2D eigenvalue weighted by Gasteiger charge is -2.37. The van der Waals surface area contributed by atoms with E-state index in [-0.39, 0.29) is 41.2 Å². The summed E-state index contributed by atoms with van der Waals surface area (Å²) in [5, 5.41) is 20.9. The Hall–Kier alpha value is -3.35. The van der Waals surface area contributed by atoms with E-state index >= 15 is 4.39 Å². The Morgan fingerprint density at radius 1 is 1.18 bits per heavy atom. The molecule has 1 amide bonds. The molecule has 4 N–H and O–H groups in total. The molecule has 1 aliphatic heterocycles. The van der Waals surface area contributed by atoms with Crippen molar-refractivity contribution in [2.75, 3.05) is 22.6 Å². The number of carbonyl (C=O) groups excluding carboxylic acids is 1. The number of anilines is 2. The van der Waals surface area contributed by atoms with Crippen LogP contribution in [0.15, 0.2) is 45.7 Å². The van der Waals surface area contributed by atoms with Crippen LogP contribution in [0.3, 0.4) is 0 Å². The first-order chi connectivity index (χ1) is 18.6. The molecule has 2 aromatic carbocycles. The van der Waals surface area contributed by atoms with E-state index in [1.807, 2.05) is 31.2 Å². The van der Waals surface area contributed by atoms with Crippen molar-refractivity contribution >= 4 is 27.4 Å². The van der Waals surface area contributed by atoms with Crippen LogP contribution in [0.4, 0.5) is 16.1 Å². The summed E-state index contributed by atoms with van der Waals surface area (Å²) in [7, 11) is -4.07. The third-order valence-corrected chi connectivity index (χ3v) is 9.34. The summed E-state index contributed by atoms with van der Waals surface area (Å²) in [6.07, 6.45) is 5.25. The molecule has 1 saturated carbocycles. The highest BCUT2D eigenvalue weighted by Gasteiger charge is 2.38. The molecule has 0 radical (unpaired) electrons. The lowest BCUT2D eigenvalue weighted by atomic mass is 9.79. The number of benzene rings is 2. The standard InChI is InChI=1S/C27H32FN5O5S/c1-17-5-7-18(8-6-17)15-33-22-13-19(20(28)14-23(22)39(36,37)16-21(29)25(33)35)24-31-32-26(38-24)30-27(11-12-34)9-3-2-4-10-27/h5-8,13-14,21,34H,2-4,9-12,15-16,29H2,1H3,(H,30,32)/t21-/m0/s1. The Balaban J connectivity index is 1.54. The smallest absolute Gasteiger partial charge is 0.316 e. The minimum absolute atomic E-state index is 0.00154. The third kappa shape index (κ3) is 5.54. The fourth-order valence-electron chi connectivity index (χ4n) is 5.41. The van der Waals surface area contributed by atoms with Gasteiger partial charge in [0.05, 0.1) is 34.5 Å². The highest BCUT2D eigenvalue weighted by atomic mass is 32.2. The van der Waals surface area contributed by atoms with E-state index in [9.17, 15) is 18.3 Å². The maximum absolute atomic E-state index is 15.4. The summed E-state index contributed by atoms with van der Waals surface area (Å²) in [6, 6.07) is 8.35. The average Bonchev–Trinajstić information content (AvgIpc) is 3.33. The maximum Gasteiger partial charge on any atom is 0.316 e.